The topological polar surface area (TPSA) is 122 Å². The molecule has 0 spiro atoms. The molecule has 190 valence electrons. The molecular formula is C25H27N3O6S2. The minimum atomic E-state index is -3.84. The third-order valence-electron chi connectivity index (χ3n) is 5.80. The predicted molar refractivity (Wildman–Crippen MR) is 139 cm³/mol. The Hall–Kier alpha value is -3.57. The van der Waals surface area contributed by atoms with Crippen LogP contribution < -0.4 is 19.1 Å². The van der Waals surface area contributed by atoms with E-state index in [1.54, 1.807) is 30.3 Å². The van der Waals surface area contributed by atoms with Gasteiger partial charge in [-0.15, -0.1) is 0 Å². The molecule has 4 rings (SSSR count). The number of hydrogen-bond acceptors (Lipinski definition) is 6. The fraction of sp³-hybridized carbons (Fsp3) is 0.240. The van der Waals surface area contributed by atoms with Gasteiger partial charge in [-0.05, 0) is 74.4 Å². The van der Waals surface area contributed by atoms with Crippen LogP contribution in [0.2, 0.25) is 0 Å². The van der Waals surface area contributed by atoms with E-state index in [1.807, 2.05) is 26.0 Å². The molecule has 1 atom stereocenters. The Morgan fingerprint density at radius 1 is 1.00 bits per heavy atom. The summed E-state index contributed by atoms with van der Waals surface area (Å²) in [5.41, 5.74) is 2.94. The standard InChI is InChI=1S/C25H27N3O6S2/c1-4-35(30,31)28-16-24(34-23-8-6-5-7-22(23)28)25(29)26-19-11-13-20(14-12-19)36(32,33)27-21-15-17(2)9-10-18(21)3/h5-15,24,27H,4,16H2,1-3H3,(H,26,29)/t24-/m0/s1. The molecule has 11 heteroatoms. The fourth-order valence-corrected chi connectivity index (χ4v) is 5.99. The fourth-order valence-electron chi connectivity index (χ4n) is 3.75. The number of rotatable bonds is 7. The van der Waals surface area contributed by atoms with Crippen molar-refractivity contribution < 1.29 is 26.4 Å². The van der Waals surface area contributed by atoms with Gasteiger partial charge in [0.25, 0.3) is 15.9 Å². The zero-order chi connectivity index (χ0) is 26.1. The van der Waals surface area contributed by atoms with E-state index in [1.165, 1.54) is 35.5 Å². The third kappa shape index (κ3) is 5.31. The number of fused-ring (bicyclic) bond motifs is 1. The molecule has 0 aliphatic carbocycles. The molecule has 0 unspecified atom stereocenters. The Morgan fingerprint density at radius 3 is 2.39 bits per heavy atom. The quantitative estimate of drug-likeness (QED) is 0.482. The molecule has 36 heavy (non-hydrogen) atoms. The van der Waals surface area contributed by atoms with Crippen molar-refractivity contribution in [3.63, 3.8) is 0 Å². The van der Waals surface area contributed by atoms with E-state index in [9.17, 15) is 21.6 Å². The van der Waals surface area contributed by atoms with E-state index < -0.39 is 32.1 Å². The summed E-state index contributed by atoms with van der Waals surface area (Å²) in [5.74, 6) is -0.383. The lowest BCUT2D eigenvalue weighted by Gasteiger charge is -2.34. The van der Waals surface area contributed by atoms with Gasteiger partial charge in [0, 0.05) is 5.69 Å². The number of para-hydroxylation sites is 2. The molecule has 0 saturated carbocycles. The third-order valence-corrected chi connectivity index (χ3v) is 8.93. The largest absolute Gasteiger partial charge is 0.476 e. The van der Waals surface area contributed by atoms with E-state index in [-0.39, 0.29) is 17.2 Å². The zero-order valence-electron chi connectivity index (χ0n) is 20.1. The molecule has 0 saturated heterocycles. The Labute approximate surface area is 211 Å². The second-order valence-electron chi connectivity index (χ2n) is 8.44. The number of ether oxygens (including phenoxy) is 1. The highest BCUT2D eigenvalue weighted by molar-refractivity contribution is 7.93. The van der Waals surface area contributed by atoms with E-state index in [4.69, 9.17) is 4.74 Å². The van der Waals surface area contributed by atoms with Crippen molar-refractivity contribution in [3.8, 4) is 5.75 Å². The van der Waals surface area contributed by atoms with Gasteiger partial charge in [-0.25, -0.2) is 16.8 Å². The molecule has 3 aromatic carbocycles. The number of carbonyl (C=O) groups excluding carboxylic acids is 1. The summed E-state index contributed by atoms with van der Waals surface area (Å²) in [6.45, 7) is 5.05. The first-order chi connectivity index (χ1) is 17.0. The van der Waals surface area contributed by atoms with Crippen molar-refractivity contribution in [1.29, 1.82) is 0 Å². The van der Waals surface area contributed by atoms with Crippen LogP contribution in [0.3, 0.4) is 0 Å². The summed E-state index contributed by atoms with van der Waals surface area (Å²) in [4.78, 5) is 13.0. The lowest BCUT2D eigenvalue weighted by atomic mass is 10.1. The van der Waals surface area contributed by atoms with Crippen LogP contribution in [0.5, 0.6) is 5.75 Å². The van der Waals surface area contributed by atoms with Gasteiger partial charge in [0.2, 0.25) is 10.0 Å². The second-order valence-corrected chi connectivity index (χ2v) is 12.3. The molecule has 1 aliphatic heterocycles. The Kier molecular flexibility index (Phi) is 6.96. The van der Waals surface area contributed by atoms with Crippen molar-refractivity contribution in [3.05, 3.63) is 77.9 Å². The molecule has 0 bridgehead atoms. The van der Waals surface area contributed by atoms with Crippen molar-refractivity contribution in [1.82, 2.24) is 0 Å². The summed E-state index contributed by atoms with van der Waals surface area (Å²) in [6.07, 6.45) is -1.09. The van der Waals surface area contributed by atoms with Gasteiger partial charge in [0.05, 0.1) is 28.6 Å². The lowest BCUT2D eigenvalue weighted by Crippen LogP contribution is -2.49. The maximum atomic E-state index is 12.9. The summed E-state index contributed by atoms with van der Waals surface area (Å²) in [5, 5.41) is 2.68. The van der Waals surface area contributed by atoms with Crippen molar-refractivity contribution in [2.45, 2.75) is 31.8 Å². The lowest BCUT2D eigenvalue weighted by molar-refractivity contribution is -0.122. The van der Waals surface area contributed by atoms with Gasteiger partial charge in [0.15, 0.2) is 6.10 Å². The van der Waals surface area contributed by atoms with Gasteiger partial charge < -0.3 is 10.1 Å². The maximum absolute atomic E-state index is 12.9. The number of hydrogen-bond donors (Lipinski definition) is 2. The molecule has 0 radical (unpaired) electrons. The van der Waals surface area contributed by atoms with Crippen LogP contribution in [0, 0.1) is 13.8 Å². The zero-order valence-corrected chi connectivity index (χ0v) is 21.7. The maximum Gasteiger partial charge on any atom is 0.267 e. The average molecular weight is 530 g/mol. The van der Waals surface area contributed by atoms with E-state index in [2.05, 4.69) is 10.0 Å². The summed E-state index contributed by atoms with van der Waals surface area (Å²) in [7, 11) is -7.47. The van der Waals surface area contributed by atoms with Crippen LogP contribution in [-0.4, -0.2) is 41.1 Å². The smallest absolute Gasteiger partial charge is 0.267 e. The number of amides is 1. The van der Waals surface area contributed by atoms with Gasteiger partial charge >= 0.3 is 0 Å². The molecule has 3 aromatic rings. The van der Waals surface area contributed by atoms with Crippen molar-refractivity contribution >= 4 is 43.0 Å². The number of anilines is 3. The van der Waals surface area contributed by atoms with Crippen LogP contribution in [0.4, 0.5) is 17.1 Å². The highest BCUT2D eigenvalue weighted by Gasteiger charge is 2.36. The van der Waals surface area contributed by atoms with E-state index in [0.717, 1.165) is 11.1 Å². The van der Waals surface area contributed by atoms with Gasteiger partial charge in [-0.3, -0.25) is 13.8 Å². The van der Waals surface area contributed by atoms with Gasteiger partial charge in [0.1, 0.15) is 5.75 Å². The normalized spacial score (nSPS) is 15.5. The number of nitrogens with one attached hydrogen (secondary N) is 2. The Bertz CT molecular complexity index is 1500. The predicted octanol–water partition coefficient (Wildman–Crippen LogP) is 3.66. The van der Waals surface area contributed by atoms with E-state index in [0.29, 0.717) is 22.8 Å². The van der Waals surface area contributed by atoms with Crippen LogP contribution in [0.1, 0.15) is 18.1 Å². The minimum Gasteiger partial charge on any atom is -0.476 e. The number of carbonyl (C=O) groups is 1. The monoisotopic (exact) mass is 529 g/mol. The molecule has 2 N–H and O–H groups in total. The Morgan fingerprint density at radius 2 is 1.69 bits per heavy atom. The molecular weight excluding hydrogens is 502 g/mol. The molecule has 0 fully saturated rings. The molecule has 1 amide bonds. The van der Waals surface area contributed by atoms with Crippen LogP contribution in [-0.2, 0) is 24.8 Å². The molecule has 1 heterocycles. The number of benzene rings is 3. The Balaban J connectivity index is 1.49. The van der Waals surface area contributed by atoms with Crippen LogP contribution >= 0.6 is 0 Å². The number of sulfonamides is 2. The number of aryl methyl sites for hydroxylation is 2. The van der Waals surface area contributed by atoms with Gasteiger partial charge in [-0.1, -0.05) is 24.3 Å². The first kappa shape index (κ1) is 25.5. The molecule has 0 aromatic heterocycles. The summed E-state index contributed by atoms with van der Waals surface area (Å²) < 4.78 is 60.5. The van der Waals surface area contributed by atoms with Crippen molar-refractivity contribution in [2.24, 2.45) is 0 Å². The van der Waals surface area contributed by atoms with Crippen LogP contribution in [0.15, 0.2) is 71.6 Å². The second kappa shape index (κ2) is 9.82. The van der Waals surface area contributed by atoms with Gasteiger partial charge in [-0.2, -0.15) is 0 Å². The highest BCUT2D eigenvalue weighted by Crippen LogP contribution is 2.35. The van der Waals surface area contributed by atoms with Crippen molar-refractivity contribution in [2.75, 3.05) is 26.6 Å². The number of nitrogens with zero attached hydrogens (tertiary/aromatic N) is 1. The SMILES string of the molecule is CCS(=O)(=O)N1C[C@@H](C(=O)Nc2ccc(S(=O)(=O)Nc3cc(C)ccc3C)cc2)Oc2ccccc21. The first-order valence-corrected chi connectivity index (χ1v) is 14.4. The molecule has 9 nitrogen and oxygen atoms in total. The average Bonchev–Trinajstić information content (AvgIpc) is 2.85. The molecule has 1 aliphatic rings. The first-order valence-electron chi connectivity index (χ1n) is 11.3. The highest BCUT2D eigenvalue weighted by atomic mass is 32.2. The summed E-state index contributed by atoms with van der Waals surface area (Å²) in [6, 6.07) is 17.8. The van der Waals surface area contributed by atoms with E-state index >= 15 is 0 Å². The summed E-state index contributed by atoms with van der Waals surface area (Å²) >= 11 is 0. The minimum absolute atomic E-state index is 0.0319. The van der Waals surface area contributed by atoms with Crippen LogP contribution in [0.25, 0.3) is 0 Å².